The van der Waals surface area contributed by atoms with Gasteiger partial charge in [0.05, 0.1) is 0 Å². The van der Waals surface area contributed by atoms with Crippen LogP contribution in [0.15, 0.2) is 84.9 Å². The number of benzene rings is 3. The quantitative estimate of drug-likeness (QED) is 0.392. The van der Waals surface area contributed by atoms with Gasteiger partial charge < -0.3 is 15.0 Å². The van der Waals surface area contributed by atoms with Crippen LogP contribution in [0.4, 0.5) is 0 Å². The Kier molecular flexibility index (Phi) is 9.71. The van der Waals surface area contributed by atoms with Crippen molar-refractivity contribution in [2.75, 3.05) is 13.2 Å². The molecule has 3 aromatic carbocycles. The van der Waals surface area contributed by atoms with Gasteiger partial charge in [0.25, 0.3) is 5.91 Å². The van der Waals surface area contributed by atoms with E-state index in [9.17, 15) is 9.59 Å². The lowest BCUT2D eigenvalue weighted by molar-refractivity contribution is -0.142. The van der Waals surface area contributed by atoms with Gasteiger partial charge in [0, 0.05) is 19.5 Å². The number of hydrogen-bond acceptors (Lipinski definition) is 3. The van der Waals surface area contributed by atoms with Gasteiger partial charge in [0.15, 0.2) is 6.61 Å². The van der Waals surface area contributed by atoms with Gasteiger partial charge in [-0.05, 0) is 36.6 Å². The second kappa shape index (κ2) is 13.2. The summed E-state index contributed by atoms with van der Waals surface area (Å²) in [5.41, 5.74) is 3.09. The number of hydrogen-bond donors (Lipinski definition) is 1. The van der Waals surface area contributed by atoms with Crippen LogP contribution in [0.2, 0.25) is 0 Å². The highest BCUT2D eigenvalue weighted by Gasteiger charge is 2.30. The van der Waals surface area contributed by atoms with Crippen molar-refractivity contribution in [3.63, 3.8) is 0 Å². The predicted octanol–water partition coefficient (Wildman–Crippen LogP) is 4.93. The van der Waals surface area contributed by atoms with Gasteiger partial charge in [-0.15, -0.1) is 0 Å². The first-order chi connectivity index (χ1) is 16.6. The van der Waals surface area contributed by atoms with E-state index >= 15 is 0 Å². The van der Waals surface area contributed by atoms with Crippen molar-refractivity contribution in [1.82, 2.24) is 10.2 Å². The van der Waals surface area contributed by atoms with E-state index in [0.717, 1.165) is 29.5 Å². The number of unbranched alkanes of at least 4 members (excludes halogenated alkanes) is 1. The van der Waals surface area contributed by atoms with E-state index in [1.54, 1.807) is 4.90 Å². The maximum absolute atomic E-state index is 13.5. The molecular formula is C29H34N2O3. The van der Waals surface area contributed by atoms with Crippen LogP contribution in [-0.2, 0) is 22.6 Å². The van der Waals surface area contributed by atoms with E-state index in [-0.39, 0.29) is 18.4 Å². The number of nitrogens with zero attached hydrogens (tertiary/aromatic N) is 1. The smallest absolute Gasteiger partial charge is 0.261 e. The molecule has 0 fully saturated rings. The minimum absolute atomic E-state index is 0.135. The normalized spacial score (nSPS) is 11.5. The number of nitrogens with one attached hydrogen (secondary N) is 1. The van der Waals surface area contributed by atoms with E-state index in [2.05, 4.69) is 12.2 Å². The second-order valence-corrected chi connectivity index (χ2v) is 8.46. The Bertz CT molecular complexity index is 1020. The zero-order chi connectivity index (χ0) is 24.2. The van der Waals surface area contributed by atoms with Gasteiger partial charge in [-0.1, -0.05) is 91.7 Å². The standard InChI is InChI=1S/C29H34N2O3/c1-3-4-19-30-29(33)27(20-24-11-7-5-8-12-24)31(21-25-13-9-6-10-14-25)28(32)22-34-26-17-15-23(2)16-18-26/h5-18,27H,3-4,19-22H2,1-2H3,(H,30,33). The molecule has 1 N–H and O–H groups in total. The van der Waals surface area contributed by atoms with Crippen LogP contribution in [0.25, 0.3) is 0 Å². The fraction of sp³-hybridized carbons (Fsp3) is 0.310. The van der Waals surface area contributed by atoms with E-state index in [1.165, 1.54) is 0 Å². The number of amides is 2. The summed E-state index contributed by atoms with van der Waals surface area (Å²) in [5, 5.41) is 3.03. The summed E-state index contributed by atoms with van der Waals surface area (Å²) in [6.07, 6.45) is 2.32. The van der Waals surface area contributed by atoms with Crippen LogP contribution in [0.1, 0.15) is 36.5 Å². The molecule has 0 bridgehead atoms. The molecule has 3 rings (SSSR count). The summed E-state index contributed by atoms with van der Waals surface area (Å²) in [4.78, 5) is 28.4. The van der Waals surface area contributed by atoms with Crippen LogP contribution in [0.3, 0.4) is 0 Å². The molecule has 2 amide bonds. The summed E-state index contributed by atoms with van der Waals surface area (Å²) in [7, 11) is 0. The minimum Gasteiger partial charge on any atom is -0.484 e. The Morgan fingerprint density at radius 2 is 1.50 bits per heavy atom. The summed E-state index contributed by atoms with van der Waals surface area (Å²) in [6.45, 7) is 4.87. The fourth-order valence-corrected chi connectivity index (χ4v) is 3.70. The monoisotopic (exact) mass is 458 g/mol. The lowest BCUT2D eigenvalue weighted by atomic mass is 10.0. The zero-order valence-electron chi connectivity index (χ0n) is 20.1. The number of carbonyl (C=O) groups is 2. The molecule has 0 aliphatic carbocycles. The maximum atomic E-state index is 13.5. The molecule has 0 saturated carbocycles. The van der Waals surface area contributed by atoms with Crippen LogP contribution in [0, 0.1) is 6.92 Å². The first-order valence-corrected chi connectivity index (χ1v) is 11.9. The summed E-state index contributed by atoms with van der Waals surface area (Å²) < 4.78 is 5.80. The van der Waals surface area contributed by atoms with Gasteiger partial charge in [-0.25, -0.2) is 0 Å². The predicted molar refractivity (Wildman–Crippen MR) is 136 cm³/mol. The SMILES string of the molecule is CCCCNC(=O)C(Cc1ccccc1)N(Cc1ccccc1)C(=O)COc1ccc(C)cc1. The topological polar surface area (TPSA) is 58.6 Å². The molecule has 0 aliphatic heterocycles. The molecule has 5 nitrogen and oxygen atoms in total. The molecule has 0 aliphatic rings. The molecule has 0 aromatic heterocycles. The van der Waals surface area contributed by atoms with Gasteiger partial charge in [0.1, 0.15) is 11.8 Å². The molecule has 34 heavy (non-hydrogen) atoms. The van der Waals surface area contributed by atoms with E-state index in [0.29, 0.717) is 25.3 Å². The van der Waals surface area contributed by atoms with Gasteiger partial charge in [-0.3, -0.25) is 9.59 Å². The lowest BCUT2D eigenvalue weighted by Crippen LogP contribution is -2.51. The van der Waals surface area contributed by atoms with Crippen molar-refractivity contribution >= 4 is 11.8 Å². The average Bonchev–Trinajstić information content (AvgIpc) is 2.87. The highest BCUT2D eigenvalue weighted by molar-refractivity contribution is 5.88. The number of rotatable bonds is 12. The third kappa shape index (κ3) is 7.77. The number of carbonyl (C=O) groups excluding carboxylic acids is 2. The average molecular weight is 459 g/mol. The molecule has 0 radical (unpaired) electrons. The van der Waals surface area contributed by atoms with Crippen LogP contribution >= 0.6 is 0 Å². The molecule has 5 heteroatoms. The first kappa shape index (κ1) is 25.0. The molecule has 1 atom stereocenters. The lowest BCUT2D eigenvalue weighted by Gasteiger charge is -2.31. The fourth-order valence-electron chi connectivity index (χ4n) is 3.70. The summed E-state index contributed by atoms with van der Waals surface area (Å²) >= 11 is 0. The largest absolute Gasteiger partial charge is 0.484 e. The van der Waals surface area contributed by atoms with Gasteiger partial charge in [0.2, 0.25) is 5.91 Å². The van der Waals surface area contributed by atoms with Crippen LogP contribution in [-0.4, -0.2) is 35.9 Å². The third-order valence-electron chi connectivity index (χ3n) is 5.68. The van der Waals surface area contributed by atoms with Crippen molar-refractivity contribution in [3.8, 4) is 5.75 Å². The first-order valence-electron chi connectivity index (χ1n) is 11.9. The third-order valence-corrected chi connectivity index (χ3v) is 5.68. The Morgan fingerprint density at radius 3 is 2.12 bits per heavy atom. The number of ether oxygens (including phenoxy) is 1. The number of aryl methyl sites for hydroxylation is 1. The van der Waals surface area contributed by atoms with E-state index in [4.69, 9.17) is 4.74 Å². The van der Waals surface area contributed by atoms with E-state index < -0.39 is 6.04 Å². The Morgan fingerprint density at radius 1 is 0.882 bits per heavy atom. The molecule has 178 valence electrons. The van der Waals surface area contributed by atoms with Crippen molar-refractivity contribution < 1.29 is 14.3 Å². The molecule has 0 saturated heterocycles. The molecule has 3 aromatic rings. The minimum atomic E-state index is -0.645. The Hall–Kier alpha value is -3.60. The molecule has 0 heterocycles. The Balaban J connectivity index is 1.85. The maximum Gasteiger partial charge on any atom is 0.261 e. The Labute approximate surface area is 202 Å². The second-order valence-electron chi connectivity index (χ2n) is 8.46. The highest BCUT2D eigenvalue weighted by Crippen LogP contribution is 2.16. The highest BCUT2D eigenvalue weighted by atomic mass is 16.5. The van der Waals surface area contributed by atoms with Crippen LogP contribution < -0.4 is 10.1 Å². The molecule has 1 unspecified atom stereocenters. The summed E-state index contributed by atoms with van der Waals surface area (Å²) in [6, 6.07) is 26.5. The van der Waals surface area contributed by atoms with Gasteiger partial charge in [-0.2, -0.15) is 0 Å². The van der Waals surface area contributed by atoms with Gasteiger partial charge >= 0.3 is 0 Å². The van der Waals surface area contributed by atoms with Crippen molar-refractivity contribution in [1.29, 1.82) is 0 Å². The van der Waals surface area contributed by atoms with Crippen LogP contribution in [0.5, 0.6) is 5.75 Å². The van der Waals surface area contributed by atoms with Crippen molar-refractivity contribution in [3.05, 3.63) is 102 Å². The van der Waals surface area contributed by atoms with E-state index in [1.807, 2.05) is 91.9 Å². The zero-order valence-corrected chi connectivity index (χ0v) is 20.1. The van der Waals surface area contributed by atoms with Crippen molar-refractivity contribution in [2.45, 2.75) is 45.7 Å². The molecule has 0 spiro atoms. The molecular weight excluding hydrogens is 424 g/mol. The van der Waals surface area contributed by atoms with Crippen molar-refractivity contribution in [2.24, 2.45) is 0 Å². The summed E-state index contributed by atoms with van der Waals surface area (Å²) in [5.74, 6) is 0.263.